The number of aromatic nitrogens is 4. The van der Waals surface area contributed by atoms with Crippen molar-refractivity contribution in [3.63, 3.8) is 0 Å². The fourth-order valence-corrected chi connectivity index (χ4v) is 6.07. The van der Waals surface area contributed by atoms with Gasteiger partial charge >= 0.3 is 6.01 Å². The van der Waals surface area contributed by atoms with Crippen molar-refractivity contribution in [2.45, 2.75) is 31.3 Å². The smallest absolute Gasteiger partial charge is 0.319 e. The van der Waals surface area contributed by atoms with Gasteiger partial charge in [-0.05, 0) is 35.9 Å². The van der Waals surface area contributed by atoms with Crippen LogP contribution < -0.4 is 15.0 Å². The van der Waals surface area contributed by atoms with Crippen molar-refractivity contribution in [1.29, 1.82) is 0 Å². The first kappa shape index (κ1) is 24.2. The molecule has 2 atom stereocenters. The number of nitrogens with zero attached hydrogens (tertiary/aromatic N) is 5. The predicted molar refractivity (Wildman–Crippen MR) is 151 cm³/mol. The van der Waals surface area contributed by atoms with E-state index in [0.717, 1.165) is 42.3 Å². The Bertz CT molecular complexity index is 1670. The first-order valence-corrected chi connectivity index (χ1v) is 13.6. The lowest BCUT2D eigenvalue weighted by Crippen LogP contribution is -2.51. The largest absolute Gasteiger partial charge is 0.463 e. The molecule has 3 aromatic heterocycles. The van der Waals surface area contributed by atoms with Crippen LogP contribution in [0.25, 0.3) is 32.9 Å². The molecular weight excluding hydrogens is 515 g/mol. The zero-order valence-electron chi connectivity index (χ0n) is 21.1. The molecule has 2 aliphatic heterocycles. The predicted octanol–water partition coefficient (Wildman–Crippen LogP) is 5.59. The van der Waals surface area contributed by atoms with E-state index in [1.165, 1.54) is 0 Å². The Kier molecular flexibility index (Phi) is 6.21. The van der Waals surface area contributed by atoms with Crippen molar-refractivity contribution in [1.82, 2.24) is 25.3 Å². The van der Waals surface area contributed by atoms with Gasteiger partial charge in [0, 0.05) is 66.2 Å². The number of halogens is 2. The second kappa shape index (κ2) is 10.0. The van der Waals surface area contributed by atoms with Gasteiger partial charge in [0.1, 0.15) is 17.0 Å². The molecule has 7 nitrogen and oxygen atoms in total. The van der Waals surface area contributed by atoms with Crippen LogP contribution >= 0.6 is 11.6 Å². The van der Waals surface area contributed by atoms with E-state index in [0.29, 0.717) is 46.9 Å². The third kappa shape index (κ3) is 4.53. The summed E-state index contributed by atoms with van der Waals surface area (Å²) < 4.78 is 22.4. The molecule has 2 fully saturated rings. The van der Waals surface area contributed by atoms with Gasteiger partial charge in [0.05, 0.1) is 12.0 Å². The van der Waals surface area contributed by atoms with Crippen molar-refractivity contribution in [3.8, 4) is 17.3 Å². The molecule has 2 bridgehead atoms. The highest BCUT2D eigenvalue weighted by molar-refractivity contribution is 6.36. The number of hydrogen-bond acceptors (Lipinski definition) is 7. The van der Waals surface area contributed by atoms with Gasteiger partial charge < -0.3 is 15.0 Å². The zero-order chi connectivity index (χ0) is 26.3. The second-order valence-electron chi connectivity index (χ2n) is 10.2. The van der Waals surface area contributed by atoms with E-state index in [1.54, 1.807) is 24.7 Å². The van der Waals surface area contributed by atoms with E-state index in [2.05, 4.69) is 25.2 Å². The number of fused-ring (bicyclic) bond motifs is 4. The van der Waals surface area contributed by atoms with Crippen LogP contribution in [0.4, 0.5) is 10.2 Å². The summed E-state index contributed by atoms with van der Waals surface area (Å²) in [6.45, 7) is 1.93. The second-order valence-corrected chi connectivity index (χ2v) is 10.6. The highest BCUT2D eigenvalue weighted by atomic mass is 35.5. The lowest BCUT2D eigenvalue weighted by molar-refractivity contribution is 0.297. The summed E-state index contributed by atoms with van der Waals surface area (Å²) in [5, 5.41) is 6.44. The normalized spacial score (nSPS) is 18.7. The standard InChI is InChI=1S/C30H26ClFN6O/c31-24-8-2-6-19-5-1-7-22(25(19)24)27-26(32)28-23(15-34-27)29(38-16-20-9-10-21(17-38)35-20)37-30(36-28)39-13-11-18-4-3-12-33-14-18/h1-8,12,14-15,20-21,35H,9-11,13,16-17H2/t20-,21+. The first-order valence-electron chi connectivity index (χ1n) is 13.2. The minimum Gasteiger partial charge on any atom is -0.463 e. The third-order valence-corrected chi connectivity index (χ3v) is 7.93. The number of nitrogens with one attached hydrogen (secondary N) is 1. The lowest BCUT2D eigenvalue weighted by Gasteiger charge is -2.34. The third-order valence-electron chi connectivity index (χ3n) is 7.61. The van der Waals surface area contributed by atoms with E-state index in [9.17, 15) is 0 Å². The van der Waals surface area contributed by atoms with Gasteiger partial charge in [0.2, 0.25) is 0 Å². The summed E-state index contributed by atoms with van der Waals surface area (Å²) in [7, 11) is 0. The van der Waals surface area contributed by atoms with Crippen LogP contribution in [-0.2, 0) is 6.42 Å². The molecule has 39 heavy (non-hydrogen) atoms. The summed E-state index contributed by atoms with van der Waals surface area (Å²) in [4.78, 5) is 20.3. The molecule has 0 radical (unpaired) electrons. The molecule has 2 aromatic carbocycles. The number of pyridine rings is 2. The van der Waals surface area contributed by atoms with Crippen LogP contribution in [0.2, 0.25) is 5.02 Å². The van der Waals surface area contributed by atoms with Gasteiger partial charge in [-0.2, -0.15) is 9.97 Å². The summed E-state index contributed by atoms with van der Waals surface area (Å²) in [5.74, 6) is 0.141. The van der Waals surface area contributed by atoms with Crippen LogP contribution in [0.3, 0.4) is 0 Å². The molecule has 9 heteroatoms. The maximum absolute atomic E-state index is 16.4. The summed E-state index contributed by atoms with van der Waals surface area (Å²) in [6.07, 6.45) is 8.11. The highest BCUT2D eigenvalue weighted by Gasteiger charge is 2.34. The van der Waals surface area contributed by atoms with Crippen molar-refractivity contribution in [3.05, 3.63) is 83.5 Å². The number of hydrogen-bond donors (Lipinski definition) is 1. The molecule has 0 amide bonds. The highest BCUT2D eigenvalue weighted by Crippen LogP contribution is 2.38. The number of rotatable bonds is 6. The van der Waals surface area contributed by atoms with E-state index in [1.807, 2.05) is 42.5 Å². The van der Waals surface area contributed by atoms with Gasteiger partial charge in [-0.1, -0.05) is 48.0 Å². The summed E-state index contributed by atoms with van der Waals surface area (Å²) in [5.41, 5.74) is 2.06. The first-order chi connectivity index (χ1) is 19.1. The molecule has 5 aromatic rings. The summed E-state index contributed by atoms with van der Waals surface area (Å²) in [6, 6.07) is 16.1. The Labute approximate surface area is 230 Å². The van der Waals surface area contributed by atoms with Crippen LogP contribution in [0.5, 0.6) is 6.01 Å². The molecule has 196 valence electrons. The van der Waals surface area contributed by atoms with Crippen LogP contribution in [0.1, 0.15) is 18.4 Å². The maximum atomic E-state index is 16.4. The van der Waals surface area contributed by atoms with E-state index in [-0.39, 0.29) is 17.2 Å². The molecule has 5 heterocycles. The fourth-order valence-electron chi connectivity index (χ4n) is 5.78. The van der Waals surface area contributed by atoms with Crippen LogP contribution in [0, 0.1) is 5.82 Å². The van der Waals surface area contributed by atoms with Crippen LogP contribution in [-0.4, -0.2) is 51.7 Å². The van der Waals surface area contributed by atoms with Crippen LogP contribution in [0.15, 0.2) is 67.1 Å². The molecule has 1 N–H and O–H groups in total. The molecule has 0 aliphatic carbocycles. The molecule has 0 spiro atoms. The minimum atomic E-state index is -0.515. The van der Waals surface area contributed by atoms with E-state index in [4.69, 9.17) is 21.3 Å². The number of ether oxygens (including phenoxy) is 1. The van der Waals surface area contributed by atoms with Gasteiger partial charge in [-0.25, -0.2) is 4.39 Å². The van der Waals surface area contributed by atoms with Crippen molar-refractivity contribution < 1.29 is 9.13 Å². The SMILES string of the molecule is Fc1c(-c2cccc3cccc(Cl)c23)ncc2c(N3C[C@H]4CC[C@@H](C3)N4)nc(OCCc3cccnc3)nc12. The average Bonchev–Trinajstić information content (AvgIpc) is 3.30. The summed E-state index contributed by atoms with van der Waals surface area (Å²) >= 11 is 6.56. The quantitative estimate of drug-likeness (QED) is 0.301. The van der Waals surface area contributed by atoms with Crippen molar-refractivity contribution in [2.75, 3.05) is 24.6 Å². The molecule has 0 unspecified atom stereocenters. The van der Waals surface area contributed by atoms with Gasteiger partial charge in [0.15, 0.2) is 5.82 Å². The number of piperazine rings is 1. The average molecular weight is 541 g/mol. The van der Waals surface area contributed by atoms with Crippen molar-refractivity contribution >= 4 is 39.1 Å². The Hall–Kier alpha value is -3.88. The lowest BCUT2D eigenvalue weighted by atomic mass is 10.0. The Morgan fingerprint density at radius 1 is 1.00 bits per heavy atom. The monoisotopic (exact) mass is 540 g/mol. The minimum absolute atomic E-state index is 0.152. The fraction of sp³-hybridized carbons (Fsp3) is 0.267. The molecule has 2 saturated heterocycles. The van der Waals surface area contributed by atoms with Crippen molar-refractivity contribution in [2.24, 2.45) is 0 Å². The van der Waals surface area contributed by atoms with Gasteiger partial charge in [0.25, 0.3) is 0 Å². The zero-order valence-corrected chi connectivity index (χ0v) is 21.9. The maximum Gasteiger partial charge on any atom is 0.319 e. The number of benzene rings is 2. The molecular formula is C30H26ClFN6O. The Morgan fingerprint density at radius 2 is 1.82 bits per heavy atom. The van der Waals surface area contributed by atoms with E-state index < -0.39 is 5.82 Å². The van der Waals surface area contributed by atoms with Gasteiger partial charge in [-0.3, -0.25) is 9.97 Å². The molecule has 2 aliphatic rings. The molecule has 0 saturated carbocycles. The van der Waals surface area contributed by atoms with E-state index >= 15 is 4.39 Å². The topological polar surface area (TPSA) is 76.1 Å². The Morgan fingerprint density at radius 3 is 2.62 bits per heavy atom. The Balaban J connectivity index is 1.33. The van der Waals surface area contributed by atoms with Gasteiger partial charge in [-0.15, -0.1) is 0 Å². The molecule has 7 rings (SSSR count). The number of anilines is 1.